The molecule has 74 valence electrons. The van der Waals surface area contributed by atoms with Crippen LogP contribution in [-0.2, 0) is 6.42 Å². The molecular formula is C12H16N2. The maximum atomic E-state index is 8.79. The molecule has 0 saturated carbocycles. The lowest BCUT2D eigenvalue weighted by Crippen LogP contribution is -2.11. The van der Waals surface area contributed by atoms with Gasteiger partial charge in [0.05, 0.1) is 11.6 Å². The number of aryl methyl sites for hydroxylation is 1. The van der Waals surface area contributed by atoms with Gasteiger partial charge in [0.2, 0.25) is 0 Å². The van der Waals surface area contributed by atoms with E-state index in [-0.39, 0.29) is 6.04 Å². The Balaban J connectivity index is 3.16. The van der Waals surface area contributed by atoms with Crippen LogP contribution in [-0.4, -0.2) is 0 Å². The van der Waals surface area contributed by atoms with Gasteiger partial charge in [0.1, 0.15) is 0 Å². The Hall–Kier alpha value is -1.33. The first kappa shape index (κ1) is 10.7. The highest BCUT2D eigenvalue weighted by Gasteiger charge is 2.08. The lowest BCUT2D eigenvalue weighted by Gasteiger charge is -2.14. The van der Waals surface area contributed by atoms with Crippen molar-refractivity contribution in [2.75, 3.05) is 0 Å². The highest BCUT2D eigenvalue weighted by atomic mass is 14.6. The lowest BCUT2D eigenvalue weighted by atomic mass is 9.95. The maximum absolute atomic E-state index is 8.79. The van der Waals surface area contributed by atoms with Crippen LogP contribution in [0, 0.1) is 11.3 Å². The smallest absolute Gasteiger partial charge is 0.0991 e. The Morgan fingerprint density at radius 1 is 1.43 bits per heavy atom. The van der Waals surface area contributed by atoms with Crippen LogP contribution in [0.15, 0.2) is 18.2 Å². The fraction of sp³-hybridized carbons (Fsp3) is 0.417. The molecule has 1 aromatic rings. The van der Waals surface area contributed by atoms with Crippen LogP contribution in [0.2, 0.25) is 0 Å². The van der Waals surface area contributed by atoms with Gasteiger partial charge in [-0.1, -0.05) is 19.9 Å². The molecule has 0 saturated heterocycles. The third kappa shape index (κ3) is 2.12. The van der Waals surface area contributed by atoms with Crippen molar-refractivity contribution < 1.29 is 0 Å². The molecule has 0 aliphatic rings. The highest BCUT2D eigenvalue weighted by molar-refractivity contribution is 5.39. The number of hydrogen-bond acceptors (Lipinski definition) is 2. The topological polar surface area (TPSA) is 49.8 Å². The molecule has 0 aliphatic heterocycles. The van der Waals surface area contributed by atoms with E-state index in [0.717, 1.165) is 18.4 Å². The van der Waals surface area contributed by atoms with Crippen LogP contribution in [0.3, 0.4) is 0 Å². The summed E-state index contributed by atoms with van der Waals surface area (Å²) in [4.78, 5) is 0. The van der Waals surface area contributed by atoms with Gasteiger partial charge in [-0.2, -0.15) is 5.26 Å². The minimum Gasteiger partial charge on any atom is -0.324 e. The Labute approximate surface area is 85.4 Å². The van der Waals surface area contributed by atoms with Gasteiger partial charge in [-0.3, -0.25) is 0 Å². The van der Waals surface area contributed by atoms with Crippen molar-refractivity contribution in [3.8, 4) is 6.07 Å². The average molecular weight is 188 g/mol. The van der Waals surface area contributed by atoms with Crippen LogP contribution in [0.4, 0.5) is 0 Å². The zero-order chi connectivity index (χ0) is 10.6. The third-order valence-electron chi connectivity index (χ3n) is 2.50. The molecule has 14 heavy (non-hydrogen) atoms. The predicted octanol–water partition coefficient (Wildman–Crippen LogP) is 2.53. The molecule has 0 amide bonds. The highest BCUT2D eigenvalue weighted by Crippen LogP contribution is 2.20. The third-order valence-corrected chi connectivity index (χ3v) is 2.50. The van der Waals surface area contributed by atoms with Crippen molar-refractivity contribution in [2.24, 2.45) is 5.73 Å². The summed E-state index contributed by atoms with van der Waals surface area (Å²) in [7, 11) is 0. The summed E-state index contributed by atoms with van der Waals surface area (Å²) < 4.78 is 0. The Morgan fingerprint density at radius 3 is 2.64 bits per heavy atom. The van der Waals surface area contributed by atoms with E-state index in [1.807, 2.05) is 18.2 Å². The van der Waals surface area contributed by atoms with Crippen molar-refractivity contribution >= 4 is 0 Å². The standard InChI is InChI=1S/C12H16N2/c1-3-10-6-5-9(8-13)7-11(10)12(14)4-2/h5-7,12H,3-4,14H2,1-2H3/t12-/m1/s1. The Bertz CT molecular complexity index is 350. The van der Waals surface area contributed by atoms with Crippen LogP contribution in [0.25, 0.3) is 0 Å². The van der Waals surface area contributed by atoms with Gasteiger partial charge in [-0.05, 0) is 36.1 Å². The molecule has 0 heterocycles. The van der Waals surface area contributed by atoms with Gasteiger partial charge in [-0.15, -0.1) is 0 Å². The Kier molecular flexibility index (Phi) is 3.67. The van der Waals surface area contributed by atoms with Crippen LogP contribution in [0.5, 0.6) is 0 Å². The van der Waals surface area contributed by atoms with E-state index < -0.39 is 0 Å². The number of hydrogen-bond donors (Lipinski definition) is 1. The molecular weight excluding hydrogens is 172 g/mol. The number of nitrogens with two attached hydrogens (primary N) is 1. The second-order valence-electron chi connectivity index (χ2n) is 3.39. The zero-order valence-corrected chi connectivity index (χ0v) is 8.75. The minimum absolute atomic E-state index is 0.0539. The summed E-state index contributed by atoms with van der Waals surface area (Å²) in [6.45, 7) is 4.16. The van der Waals surface area contributed by atoms with E-state index in [1.54, 1.807) is 0 Å². The summed E-state index contributed by atoms with van der Waals surface area (Å²) in [5, 5.41) is 8.79. The molecule has 0 bridgehead atoms. The second kappa shape index (κ2) is 4.78. The molecule has 0 spiro atoms. The van der Waals surface area contributed by atoms with Crippen molar-refractivity contribution in [1.82, 2.24) is 0 Å². The van der Waals surface area contributed by atoms with Gasteiger partial charge >= 0.3 is 0 Å². The van der Waals surface area contributed by atoms with Crippen molar-refractivity contribution in [2.45, 2.75) is 32.7 Å². The molecule has 2 nitrogen and oxygen atoms in total. The van der Waals surface area contributed by atoms with Crippen molar-refractivity contribution in [3.63, 3.8) is 0 Å². The van der Waals surface area contributed by atoms with Gasteiger partial charge in [0.25, 0.3) is 0 Å². The number of benzene rings is 1. The van der Waals surface area contributed by atoms with Gasteiger partial charge in [0, 0.05) is 6.04 Å². The van der Waals surface area contributed by atoms with E-state index in [1.165, 1.54) is 5.56 Å². The molecule has 0 fully saturated rings. The zero-order valence-electron chi connectivity index (χ0n) is 8.75. The molecule has 1 atom stereocenters. The van der Waals surface area contributed by atoms with E-state index in [4.69, 9.17) is 11.0 Å². The molecule has 2 N–H and O–H groups in total. The first-order chi connectivity index (χ1) is 6.72. The second-order valence-corrected chi connectivity index (χ2v) is 3.39. The fourth-order valence-electron chi connectivity index (χ4n) is 1.55. The predicted molar refractivity (Wildman–Crippen MR) is 57.8 cm³/mol. The average Bonchev–Trinajstić information content (AvgIpc) is 2.27. The van der Waals surface area contributed by atoms with E-state index in [0.29, 0.717) is 5.56 Å². The fourth-order valence-corrected chi connectivity index (χ4v) is 1.55. The van der Waals surface area contributed by atoms with Crippen LogP contribution < -0.4 is 5.73 Å². The SMILES string of the molecule is CCc1ccc(C#N)cc1[C@H](N)CC. The number of rotatable bonds is 3. The van der Waals surface area contributed by atoms with Crippen LogP contribution >= 0.6 is 0 Å². The molecule has 0 radical (unpaired) electrons. The molecule has 0 aromatic heterocycles. The first-order valence-corrected chi connectivity index (χ1v) is 5.01. The van der Waals surface area contributed by atoms with Gasteiger partial charge in [0.15, 0.2) is 0 Å². The summed E-state index contributed by atoms with van der Waals surface area (Å²) in [6, 6.07) is 7.96. The van der Waals surface area contributed by atoms with E-state index in [2.05, 4.69) is 19.9 Å². The quantitative estimate of drug-likeness (QED) is 0.792. The minimum atomic E-state index is 0.0539. The molecule has 1 aromatic carbocycles. The summed E-state index contributed by atoms with van der Waals surface area (Å²) in [5.74, 6) is 0. The molecule has 0 aliphatic carbocycles. The first-order valence-electron chi connectivity index (χ1n) is 5.01. The van der Waals surface area contributed by atoms with E-state index in [9.17, 15) is 0 Å². The summed E-state index contributed by atoms with van der Waals surface area (Å²) >= 11 is 0. The molecule has 1 rings (SSSR count). The summed E-state index contributed by atoms with van der Waals surface area (Å²) in [5.41, 5.74) is 9.05. The normalized spacial score (nSPS) is 12.1. The van der Waals surface area contributed by atoms with Crippen molar-refractivity contribution in [3.05, 3.63) is 34.9 Å². The lowest BCUT2D eigenvalue weighted by molar-refractivity contribution is 0.690. The monoisotopic (exact) mass is 188 g/mol. The Morgan fingerprint density at radius 2 is 2.14 bits per heavy atom. The largest absolute Gasteiger partial charge is 0.324 e. The van der Waals surface area contributed by atoms with Crippen LogP contribution in [0.1, 0.15) is 43.0 Å². The maximum Gasteiger partial charge on any atom is 0.0991 e. The van der Waals surface area contributed by atoms with Crippen molar-refractivity contribution in [1.29, 1.82) is 5.26 Å². The number of nitrogens with zero attached hydrogens (tertiary/aromatic N) is 1. The van der Waals surface area contributed by atoms with Gasteiger partial charge in [-0.25, -0.2) is 0 Å². The molecule has 2 heteroatoms. The summed E-state index contributed by atoms with van der Waals surface area (Å²) in [6.07, 6.45) is 1.87. The van der Waals surface area contributed by atoms with Gasteiger partial charge < -0.3 is 5.73 Å². The molecule has 0 unspecified atom stereocenters. The number of nitriles is 1. The van der Waals surface area contributed by atoms with E-state index >= 15 is 0 Å².